The number of benzene rings is 1. The van der Waals surface area contributed by atoms with E-state index in [1.165, 1.54) is 19.2 Å². The van der Waals surface area contributed by atoms with E-state index in [0.717, 1.165) is 0 Å². The van der Waals surface area contributed by atoms with Crippen molar-refractivity contribution in [3.8, 4) is 0 Å². The molecule has 0 aromatic heterocycles. The number of hydrogen-bond acceptors (Lipinski definition) is 3. The summed E-state index contributed by atoms with van der Waals surface area (Å²) in [7, 11) is 1.27. The lowest BCUT2D eigenvalue weighted by Gasteiger charge is -2.11. The molecule has 14 heavy (non-hydrogen) atoms. The molecule has 0 fully saturated rings. The summed E-state index contributed by atoms with van der Waals surface area (Å²) >= 11 is 0. The summed E-state index contributed by atoms with van der Waals surface area (Å²) < 4.78 is 17.9. The van der Waals surface area contributed by atoms with Crippen molar-refractivity contribution in [1.82, 2.24) is 0 Å². The molecule has 0 spiro atoms. The van der Waals surface area contributed by atoms with Crippen LogP contribution in [0, 0.1) is 5.82 Å². The predicted molar refractivity (Wildman–Crippen MR) is 51.2 cm³/mol. The summed E-state index contributed by atoms with van der Waals surface area (Å²) in [6.45, 7) is 1.57. The Morgan fingerprint density at radius 2 is 2.21 bits per heavy atom. The van der Waals surface area contributed by atoms with Crippen LogP contribution in [0.25, 0.3) is 0 Å². The number of anilines is 1. The van der Waals surface area contributed by atoms with Gasteiger partial charge in [0.15, 0.2) is 0 Å². The van der Waals surface area contributed by atoms with Gasteiger partial charge in [0.05, 0.1) is 18.7 Å². The van der Waals surface area contributed by atoms with Crippen molar-refractivity contribution in [3.05, 3.63) is 29.6 Å². The number of nitrogen functional groups attached to an aromatic ring is 1. The highest BCUT2D eigenvalue weighted by Crippen LogP contribution is 2.23. The van der Waals surface area contributed by atoms with Gasteiger partial charge >= 0.3 is 5.97 Å². The standard InChI is InChI=1S/C10H12FNO2/c1-6(10(13)14-2)7-4-3-5-8(12)9(7)11/h3-6H,12H2,1-2H3. The molecule has 0 aliphatic rings. The van der Waals surface area contributed by atoms with Crippen LogP contribution in [0.15, 0.2) is 18.2 Å². The van der Waals surface area contributed by atoms with Crippen LogP contribution in [-0.2, 0) is 9.53 Å². The van der Waals surface area contributed by atoms with Gasteiger partial charge in [0, 0.05) is 5.56 Å². The molecule has 1 atom stereocenters. The van der Waals surface area contributed by atoms with Gasteiger partial charge in [-0.25, -0.2) is 4.39 Å². The highest BCUT2D eigenvalue weighted by atomic mass is 19.1. The Morgan fingerprint density at radius 1 is 1.57 bits per heavy atom. The van der Waals surface area contributed by atoms with Crippen LogP contribution in [0.1, 0.15) is 18.4 Å². The zero-order chi connectivity index (χ0) is 10.7. The van der Waals surface area contributed by atoms with E-state index >= 15 is 0 Å². The first-order chi connectivity index (χ1) is 6.57. The average molecular weight is 197 g/mol. The lowest BCUT2D eigenvalue weighted by atomic mass is 10.0. The molecule has 0 heterocycles. The molecule has 3 nitrogen and oxygen atoms in total. The Kier molecular flexibility index (Phi) is 3.06. The Bertz CT molecular complexity index is 352. The molecule has 0 saturated heterocycles. The molecule has 1 unspecified atom stereocenters. The second-order valence-corrected chi connectivity index (χ2v) is 3.00. The van der Waals surface area contributed by atoms with Crippen molar-refractivity contribution in [2.75, 3.05) is 12.8 Å². The fourth-order valence-corrected chi connectivity index (χ4v) is 1.21. The van der Waals surface area contributed by atoms with E-state index in [0.29, 0.717) is 0 Å². The Balaban J connectivity index is 3.07. The third kappa shape index (κ3) is 1.84. The minimum Gasteiger partial charge on any atom is -0.469 e. The molecule has 0 aliphatic heterocycles. The van der Waals surface area contributed by atoms with Gasteiger partial charge < -0.3 is 10.5 Å². The lowest BCUT2D eigenvalue weighted by molar-refractivity contribution is -0.142. The molecule has 1 aromatic carbocycles. The Morgan fingerprint density at radius 3 is 2.79 bits per heavy atom. The molecule has 76 valence electrons. The van der Waals surface area contributed by atoms with Gasteiger partial charge in [-0.05, 0) is 13.0 Å². The number of esters is 1. The van der Waals surface area contributed by atoms with Crippen molar-refractivity contribution in [2.45, 2.75) is 12.8 Å². The summed E-state index contributed by atoms with van der Waals surface area (Å²) in [6, 6.07) is 4.57. The maximum absolute atomic E-state index is 13.4. The normalized spacial score (nSPS) is 12.2. The topological polar surface area (TPSA) is 52.3 Å². The molecular weight excluding hydrogens is 185 g/mol. The van der Waals surface area contributed by atoms with Crippen molar-refractivity contribution in [2.24, 2.45) is 0 Å². The van der Waals surface area contributed by atoms with E-state index in [1.807, 2.05) is 0 Å². The highest BCUT2D eigenvalue weighted by molar-refractivity contribution is 5.78. The number of methoxy groups -OCH3 is 1. The summed E-state index contributed by atoms with van der Waals surface area (Å²) in [4.78, 5) is 11.1. The van der Waals surface area contributed by atoms with Gasteiger partial charge in [0.1, 0.15) is 5.82 Å². The van der Waals surface area contributed by atoms with E-state index in [9.17, 15) is 9.18 Å². The van der Waals surface area contributed by atoms with E-state index in [-0.39, 0.29) is 11.3 Å². The first-order valence-corrected chi connectivity index (χ1v) is 4.19. The van der Waals surface area contributed by atoms with Crippen LogP contribution in [0.4, 0.5) is 10.1 Å². The third-order valence-electron chi connectivity index (χ3n) is 2.08. The number of ether oxygens (including phenoxy) is 1. The van der Waals surface area contributed by atoms with E-state index < -0.39 is 17.7 Å². The fourth-order valence-electron chi connectivity index (χ4n) is 1.21. The Hall–Kier alpha value is -1.58. The SMILES string of the molecule is COC(=O)C(C)c1cccc(N)c1F. The summed E-state index contributed by atoms with van der Waals surface area (Å²) in [6.07, 6.45) is 0. The molecule has 4 heteroatoms. The fraction of sp³-hybridized carbons (Fsp3) is 0.300. The van der Waals surface area contributed by atoms with Gasteiger partial charge in [0.2, 0.25) is 0 Å². The molecule has 0 aliphatic carbocycles. The molecule has 1 aromatic rings. The monoisotopic (exact) mass is 197 g/mol. The lowest BCUT2D eigenvalue weighted by Crippen LogP contribution is -2.13. The molecule has 2 N–H and O–H groups in total. The van der Waals surface area contributed by atoms with Crippen molar-refractivity contribution >= 4 is 11.7 Å². The van der Waals surface area contributed by atoms with Crippen LogP contribution in [0.2, 0.25) is 0 Å². The number of carbonyl (C=O) groups excluding carboxylic acids is 1. The summed E-state index contributed by atoms with van der Waals surface area (Å²) in [5.74, 6) is -1.66. The van der Waals surface area contributed by atoms with Crippen LogP contribution >= 0.6 is 0 Å². The van der Waals surface area contributed by atoms with Gasteiger partial charge in [0.25, 0.3) is 0 Å². The predicted octanol–water partition coefficient (Wildman–Crippen LogP) is 1.68. The number of nitrogens with two attached hydrogens (primary N) is 1. The van der Waals surface area contributed by atoms with Crippen molar-refractivity contribution < 1.29 is 13.9 Å². The second-order valence-electron chi connectivity index (χ2n) is 3.00. The van der Waals surface area contributed by atoms with Crippen LogP contribution in [0.5, 0.6) is 0 Å². The highest BCUT2D eigenvalue weighted by Gasteiger charge is 2.20. The number of hydrogen-bond donors (Lipinski definition) is 1. The molecule has 0 radical (unpaired) electrons. The van der Waals surface area contributed by atoms with E-state index in [1.54, 1.807) is 13.0 Å². The second kappa shape index (κ2) is 4.09. The zero-order valence-electron chi connectivity index (χ0n) is 8.08. The van der Waals surface area contributed by atoms with Gasteiger partial charge in [-0.1, -0.05) is 12.1 Å². The van der Waals surface area contributed by atoms with Crippen LogP contribution < -0.4 is 5.73 Å². The van der Waals surface area contributed by atoms with E-state index in [4.69, 9.17) is 5.73 Å². The maximum atomic E-state index is 13.4. The van der Waals surface area contributed by atoms with Crippen molar-refractivity contribution in [3.63, 3.8) is 0 Å². The largest absolute Gasteiger partial charge is 0.469 e. The average Bonchev–Trinajstić information content (AvgIpc) is 2.20. The molecule has 0 amide bonds. The third-order valence-corrected chi connectivity index (χ3v) is 2.08. The smallest absolute Gasteiger partial charge is 0.312 e. The number of rotatable bonds is 2. The van der Waals surface area contributed by atoms with Gasteiger partial charge in [-0.15, -0.1) is 0 Å². The quantitative estimate of drug-likeness (QED) is 0.579. The first-order valence-electron chi connectivity index (χ1n) is 4.19. The maximum Gasteiger partial charge on any atom is 0.312 e. The van der Waals surface area contributed by atoms with Crippen molar-refractivity contribution in [1.29, 1.82) is 0 Å². The number of carbonyl (C=O) groups is 1. The van der Waals surface area contributed by atoms with Gasteiger partial charge in [-0.3, -0.25) is 4.79 Å². The van der Waals surface area contributed by atoms with Crippen LogP contribution in [-0.4, -0.2) is 13.1 Å². The summed E-state index contributed by atoms with van der Waals surface area (Å²) in [5.41, 5.74) is 5.67. The minimum atomic E-state index is -0.636. The minimum absolute atomic E-state index is 0.0400. The van der Waals surface area contributed by atoms with Gasteiger partial charge in [-0.2, -0.15) is 0 Å². The number of halogens is 1. The molecule has 0 saturated carbocycles. The first kappa shape index (κ1) is 10.5. The summed E-state index contributed by atoms with van der Waals surface area (Å²) in [5, 5.41) is 0. The van der Waals surface area contributed by atoms with Crippen LogP contribution in [0.3, 0.4) is 0 Å². The molecule has 1 rings (SSSR count). The van der Waals surface area contributed by atoms with E-state index in [2.05, 4.69) is 4.74 Å². The zero-order valence-corrected chi connectivity index (χ0v) is 8.08. The Labute approximate surface area is 81.7 Å². The molecular formula is C10H12FNO2. The molecule has 0 bridgehead atoms.